The van der Waals surface area contributed by atoms with Gasteiger partial charge >= 0.3 is 5.97 Å². The maximum atomic E-state index is 13.4. The second kappa shape index (κ2) is 8.25. The fourth-order valence-corrected chi connectivity index (χ4v) is 3.04. The number of rotatable bonds is 5. The first-order valence-corrected chi connectivity index (χ1v) is 8.61. The van der Waals surface area contributed by atoms with E-state index in [9.17, 15) is 14.0 Å². The van der Waals surface area contributed by atoms with Crippen LogP contribution in [-0.4, -0.2) is 41.6 Å². The Balaban J connectivity index is 1.89. The number of ether oxygens (including phenoxy) is 1. The van der Waals surface area contributed by atoms with Crippen molar-refractivity contribution >= 4 is 5.97 Å². The van der Waals surface area contributed by atoms with E-state index in [1.807, 2.05) is 0 Å². The van der Waals surface area contributed by atoms with Gasteiger partial charge in [-0.25, -0.2) is 4.39 Å². The van der Waals surface area contributed by atoms with Gasteiger partial charge in [-0.15, -0.1) is 0 Å². The minimum Gasteiger partial charge on any atom is -0.420 e. The molecule has 0 spiro atoms. The monoisotopic (exact) mass is 359 g/mol. The minimum absolute atomic E-state index is 0.0509. The molecular weight excluding hydrogens is 337 g/mol. The normalized spacial score (nSPS) is 15.0. The van der Waals surface area contributed by atoms with Crippen LogP contribution in [0.15, 0.2) is 41.3 Å². The van der Waals surface area contributed by atoms with E-state index in [0.29, 0.717) is 17.7 Å². The first-order chi connectivity index (χ1) is 12.5. The number of benzene rings is 1. The molecule has 1 saturated heterocycles. The molecule has 0 unspecified atom stereocenters. The van der Waals surface area contributed by atoms with Crippen LogP contribution in [0, 0.1) is 5.82 Å². The molecule has 0 radical (unpaired) electrons. The van der Waals surface area contributed by atoms with Gasteiger partial charge in [-0.2, -0.15) is 0 Å². The Hall–Kier alpha value is -2.51. The summed E-state index contributed by atoms with van der Waals surface area (Å²) in [6.45, 7) is 5.54. The second-order valence-corrected chi connectivity index (χ2v) is 6.35. The van der Waals surface area contributed by atoms with Gasteiger partial charge in [0, 0.05) is 51.4 Å². The minimum atomic E-state index is -0.535. The Morgan fingerprint density at radius 2 is 2.00 bits per heavy atom. The lowest BCUT2D eigenvalue weighted by atomic mass is 10.2. The molecule has 1 fully saturated rings. The third-order valence-corrected chi connectivity index (χ3v) is 4.29. The molecule has 0 bridgehead atoms. The van der Waals surface area contributed by atoms with Gasteiger partial charge in [-0.05, 0) is 23.8 Å². The number of aromatic nitrogens is 1. The van der Waals surface area contributed by atoms with Crippen LogP contribution in [0.1, 0.15) is 18.1 Å². The average Bonchev–Trinajstić information content (AvgIpc) is 2.61. The first kappa shape index (κ1) is 18.3. The van der Waals surface area contributed by atoms with Crippen LogP contribution in [0.4, 0.5) is 4.39 Å². The van der Waals surface area contributed by atoms with Crippen LogP contribution in [0.25, 0.3) is 0 Å². The molecule has 1 aromatic carbocycles. The number of esters is 1. The maximum Gasteiger partial charge on any atom is 0.308 e. The summed E-state index contributed by atoms with van der Waals surface area (Å²) >= 11 is 0. The zero-order chi connectivity index (χ0) is 18.5. The maximum absolute atomic E-state index is 13.4. The van der Waals surface area contributed by atoms with Crippen molar-refractivity contribution in [3.05, 3.63) is 63.8 Å². The Labute approximate surface area is 151 Å². The van der Waals surface area contributed by atoms with Gasteiger partial charge in [-0.3, -0.25) is 14.5 Å². The van der Waals surface area contributed by atoms with Crippen molar-refractivity contribution in [2.24, 2.45) is 0 Å². The molecule has 26 heavy (non-hydrogen) atoms. The third-order valence-electron chi connectivity index (χ3n) is 4.29. The number of carbonyl (C=O) groups excluding carboxylic acids is 1. The number of hydrogen-bond donors (Lipinski definition) is 1. The van der Waals surface area contributed by atoms with Gasteiger partial charge in [0.2, 0.25) is 5.75 Å². The predicted molar refractivity (Wildman–Crippen MR) is 95.7 cm³/mol. The summed E-state index contributed by atoms with van der Waals surface area (Å²) < 4.78 is 20.0. The van der Waals surface area contributed by atoms with Gasteiger partial charge in [0.1, 0.15) is 5.82 Å². The van der Waals surface area contributed by atoms with Crippen LogP contribution in [0.5, 0.6) is 5.75 Å². The predicted octanol–water partition coefficient (Wildman–Crippen LogP) is 1.37. The van der Waals surface area contributed by atoms with E-state index in [2.05, 4.69) is 10.2 Å². The molecule has 1 aliphatic rings. The summed E-state index contributed by atoms with van der Waals surface area (Å²) in [6.07, 6.45) is 1.66. The molecule has 6 nitrogen and oxygen atoms in total. The van der Waals surface area contributed by atoms with E-state index in [1.165, 1.54) is 23.6 Å². The van der Waals surface area contributed by atoms with E-state index < -0.39 is 11.5 Å². The molecule has 1 N–H and O–H groups in total. The van der Waals surface area contributed by atoms with Gasteiger partial charge in [-0.1, -0.05) is 12.1 Å². The van der Waals surface area contributed by atoms with Crippen LogP contribution >= 0.6 is 0 Å². The Morgan fingerprint density at radius 3 is 2.69 bits per heavy atom. The van der Waals surface area contributed by atoms with Gasteiger partial charge in [0.05, 0.1) is 6.54 Å². The zero-order valence-electron chi connectivity index (χ0n) is 14.7. The van der Waals surface area contributed by atoms with Crippen molar-refractivity contribution in [1.82, 2.24) is 14.8 Å². The Bertz CT molecular complexity index is 844. The third kappa shape index (κ3) is 4.56. The molecule has 0 aliphatic carbocycles. The number of carbonyl (C=O) groups is 1. The van der Waals surface area contributed by atoms with Crippen molar-refractivity contribution in [1.29, 1.82) is 0 Å². The fourth-order valence-electron chi connectivity index (χ4n) is 3.04. The molecule has 2 aromatic rings. The standard InChI is InChI=1S/C19H22FN3O3/c1-14(24)26-18-16(13-22-9-6-21-7-10-22)5-8-23(19(18)25)12-15-3-2-4-17(20)11-15/h2-5,8,11,21H,6-7,9-10,12-13H2,1H3. The molecule has 2 heterocycles. The number of halogens is 1. The zero-order valence-corrected chi connectivity index (χ0v) is 14.7. The Morgan fingerprint density at radius 1 is 1.23 bits per heavy atom. The van der Waals surface area contributed by atoms with Crippen LogP contribution in [0.2, 0.25) is 0 Å². The molecule has 0 saturated carbocycles. The number of nitrogens with one attached hydrogen (secondary N) is 1. The fraction of sp³-hybridized carbons (Fsp3) is 0.368. The molecule has 1 aliphatic heterocycles. The summed E-state index contributed by atoms with van der Waals surface area (Å²) in [5.41, 5.74) is 0.954. The molecule has 3 rings (SSSR count). The van der Waals surface area contributed by atoms with E-state index in [4.69, 9.17) is 4.74 Å². The van der Waals surface area contributed by atoms with Crippen LogP contribution in [-0.2, 0) is 17.9 Å². The summed E-state index contributed by atoms with van der Waals surface area (Å²) in [4.78, 5) is 26.5. The molecular formula is C19H22FN3O3. The van der Waals surface area contributed by atoms with Gasteiger partial charge in [0.15, 0.2) is 0 Å². The molecule has 1 aromatic heterocycles. The number of pyridine rings is 1. The topological polar surface area (TPSA) is 63.6 Å². The second-order valence-electron chi connectivity index (χ2n) is 6.35. The highest BCUT2D eigenvalue weighted by atomic mass is 19.1. The van der Waals surface area contributed by atoms with Crippen molar-refractivity contribution in [3.63, 3.8) is 0 Å². The lowest BCUT2D eigenvalue weighted by Gasteiger charge is -2.27. The quantitative estimate of drug-likeness (QED) is 0.817. The summed E-state index contributed by atoms with van der Waals surface area (Å²) in [6, 6.07) is 7.87. The first-order valence-electron chi connectivity index (χ1n) is 8.61. The van der Waals surface area contributed by atoms with Crippen LogP contribution < -0.4 is 15.6 Å². The van der Waals surface area contributed by atoms with E-state index in [1.54, 1.807) is 24.4 Å². The number of nitrogens with zero attached hydrogens (tertiary/aromatic N) is 2. The smallest absolute Gasteiger partial charge is 0.308 e. The van der Waals surface area contributed by atoms with Crippen molar-refractivity contribution < 1.29 is 13.9 Å². The summed E-state index contributed by atoms with van der Waals surface area (Å²) in [5, 5.41) is 3.28. The molecule has 138 valence electrons. The van der Waals surface area contributed by atoms with Crippen molar-refractivity contribution in [2.45, 2.75) is 20.0 Å². The summed E-state index contributed by atoms with van der Waals surface area (Å²) in [7, 11) is 0. The largest absolute Gasteiger partial charge is 0.420 e. The van der Waals surface area contributed by atoms with Gasteiger partial charge < -0.3 is 14.6 Å². The van der Waals surface area contributed by atoms with Crippen molar-refractivity contribution in [2.75, 3.05) is 26.2 Å². The van der Waals surface area contributed by atoms with E-state index in [-0.39, 0.29) is 18.1 Å². The average molecular weight is 359 g/mol. The SMILES string of the molecule is CC(=O)Oc1c(CN2CCNCC2)ccn(Cc2cccc(F)c2)c1=O. The highest BCUT2D eigenvalue weighted by Crippen LogP contribution is 2.17. The van der Waals surface area contributed by atoms with E-state index in [0.717, 1.165) is 26.2 Å². The van der Waals surface area contributed by atoms with Gasteiger partial charge in [0.25, 0.3) is 5.56 Å². The summed E-state index contributed by atoms with van der Waals surface area (Å²) in [5.74, 6) is -0.840. The molecule has 0 amide bonds. The highest BCUT2D eigenvalue weighted by molar-refractivity contribution is 5.69. The number of hydrogen-bond acceptors (Lipinski definition) is 5. The van der Waals surface area contributed by atoms with E-state index >= 15 is 0 Å². The Kier molecular flexibility index (Phi) is 5.80. The van der Waals surface area contributed by atoms with Crippen LogP contribution in [0.3, 0.4) is 0 Å². The number of piperazine rings is 1. The highest BCUT2D eigenvalue weighted by Gasteiger charge is 2.18. The lowest BCUT2D eigenvalue weighted by Crippen LogP contribution is -2.43. The molecule has 7 heteroatoms. The van der Waals surface area contributed by atoms with Crippen molar-refractivity contribution in [3.8, 4) is 5.75 Å². The molecule has 0 atom stereocenters. The lowest BCUT2D eigenvalue weighted by molar-refractivity contribution is -0.132.